The van der Waals surface area contributed by atoms with Gasteiger partial charge in [0.25, 0.3) is 0 Å². The third kappa shape index (κ3) is 4.65. The van der Waals surface area contributed by atoms with E-state index in [0.29, 0.717) is 24.4 Å². The third-order valence-corrected chi connectivity index (χ3v) is 6.34. The number of alkyl halides is 3. The molecular formula is C25H23Cl2F3N4O. The number of fused-ring (bicyclic) bond motifs is 1. The number of hydrogen-bond acceptors (Lipinski definition) is 4. The Balaban J connectivity index is 1.95. The molecule has 0 radical (unpaired) electrons. The second-order valence-electron chi connectivity index (χ2n) is 8.19. The van der Waals surface area contributed by atoms with Crippen LogP contribution in [0.1, 0.15) is 29.3 Å². The molecule has 35 heavy (non-hydrogen) atoms. The zero-order valence-electron chi connectivity index (χ0n) is 19.5. The Hall–Kier alpha value is -2.97. The number of methoxy groups -OCH3 is 1. The molecule has 0 aliphatic heterocycles. The third-order valence-electron chi connectivity index (χ3n) is 5.76. The van der Waals surface area contributed by atoms with Gasteiger partial charge in [-0.3, -0.25) is 4.98 Å². The number of rotatable bonds is 6. The van der Waals surface area contributed by atoms with Crippen LogP contribution in [0.15, 0.2) is 42.6 Å². The second kappa shape index (κ2) is 9.59. The molecule has 184 valence electrons. The van der Waals surface area contributed by atoms with Crippen LogP contribution < -0.4 is 9.64 Å². The summed E-state index contributed by atoms with van der Waals surface area (Å²) in [5, 5.41) is 5.41. The Morgan fingerprint density at radius 1 is 1.06 bits per heavy atom. The van der Waals surface area contributed by atoms with Gasteiger partial charge < -0.3 is 9.64 Å². The number of aromatic nitrogens is 3. The molecule has 10 heteroatoms. The van der Waals surface area contributed by atoms with Gasteiger partial charge in [0.2, 0.25) is 0 Å². The summed E-state index contributed by atoms with van der Waals surface area (Å²) in [7, 11) is 5.27. The monoisotopic (exact) mass is 522 g/mol. The molecule has 0 amide bonds. The summed E-state index contributed by atoms with van der Waals surface area (Å²) in [5.41, 5.74) is 2.59. The Morgan fingerprint density at radius 3 is 2.31 bits per heavy atom. The van der Waals surface area contributed by atoms with Crippen molar-refractivity contribution in [3.8, 4) is 11.4 Å². The molecule has 0 unspecified atom stereocenters. The zero-order valence-corrected chi connectivity index (χ0v) is 21.1. The fraction of sp³-hybridized carbons (Fsp3) is 0.280. The van der Waals surface area contributed by atoms with Gasteiger partial charge in [0, 0.05) is 43.2 Å². The Bertz CT molecular complexity index is 1380. The van der Waals surface area contributed by atoms with E-state index >= 15 is 0 Å². The van der Waals surface area contributed by atoms with Gasteiger partial charge in [0.15, 0.2) is 0 Å². The van der Waals surface area contributed by atoms with Gasteiger partial charge in [-0.25, -0.2) is 4.68 Å². The zero-order chi connectivity index (χ0) is 25.5. The van der Waals surface area contributed by atoms with Crippen LogP contribution in [0.25, 0.3) is 16.6 Å². The van der Waals surface area contributed by atoms with Crippen molar-refractivity contribution in [2.24, 2.45) is 0 Å². The van der Waals surface area contributed by atoms with E-state index in [1.807, 2.05) is 50.2 Å². The maximum absolute atomic E-state index is 13.3. The van der Waals surface area contributed by atoms with Gasteiger partial charge >= 0.3 is 6.18 Å². The molecule has 0 spiro atoms. The average molecular weight is 523 g/mol. The minimum absolute atomic E-state index is 0.144. The highest BCUT2D eigenvalue weighted by molar-refractivity contribution is 6.38. The lowest BCUT2D eigenvalue weighted by Crippen LogP contribution is -2.17. The lowest BCUT2D eigenvalue weighted by molar-refractivity contribution is -0.137. The molecule has 0 N–H and O–H groups in total. The smallest absolute Gasteiger partial charge is 0.416 e. The molecule has 4 aromatic rings. The van der Waals surface area contributed by atoms with Crippen molar-refractivity contribution in [1.82, 2.24) is 14.8 Å². The highest BCUT2D eigenvalue weighted by Gasteiger charge is 2.33. The molecule has 0 aliphatic carbocycles. The number of pyridine rings is 1. The molecule has 0 saturated carbocycles. The van der Waals surface area contributed by atoms with Crippen molar-refractivity contribution >= 4 is 39.9 Å². The van der Waals surface area contributed by atoms with E-state index in [4.69, 9.17) is 33.0 Å². The van der Waals surface area contributed by atoms with Crippen LogP contribution >= 0.6 is 23.2 Å². The van der Waals surface area contributed by atoms with Crippen LogP contribution in [-0.2, 0) is 19.0 Å². The lowest BCUT2D eigenvalue weighted by atomic mass is 9.99. The molecule has 0 saturated heterocycles. The summed E-state index contributed by atoms with van der Waals surface area (Å²) in [5.74, 6) is 1.33. The van der Waals surface area contributed by atoms with Crippen LogP contribution in [-0.4, -0.2) is 36.0 Å². The van der Waals surface area contributed by atoms with E-state index in [2.05, 4.69) is 4.98 Å². The standard InChI is InChI=1S/C25H23Cl2F3N4O/c1-5-20-16(13-17-21(35-4)9-8-14-7-6-10-31-22(14)17)24(33(2)3)34(32-20)23-18(26)11-15(12-19(23)27)25(28,29)30/h6-12H,5,13H2,1-4H3. The molecule has 2 aromatic carbocycles. The van der Waals surface area contributed by atoms with Crippen molar-refractivity contribution < 1.29 is 17.9 Å². The number of ether oxygens (including phenoxy) is 1. The second-order valence-corrected chi connectivity index (χ2v) is 9.01. The maximum Gasteiger partial charge on any atom is 0.416 e. The quantitative estimate of drug-likeness (QED) is 0.274. The van der Waals surface area contributed by atoms with Crippen LogP contribution in [0.2, 0.25) is 10.0 Å². The lowest BCUT2D eigenvalue weighted by Gasteiger charge is -2.20. The summed E-state index contributed by atoms with van der Waals surface area (Å²) in [6, 6.07) is 9.43. The SMILES string of the molecule is CCc1nn(-c2c(Cl)cc(C(F)(F)F)cc2Cl)c(N(C)C)c1Cc1c(OC)ccc2cccnc12. The Kier molecular flexibility index (Phi) is 6.88. The predicted molar refractivity (Wildman–Crippen MR) is 133 cm³/mol. The van der Waals surface area contributed by atoms with Crippen molar-refractivity contribution in [2.75, 3.05) is 26.1 Å². The minimum Gasteiger partial charge on any atom is -0.496 e. The molecule has 2 heterocycles. The van der Waals surface area contributed by atoms with Gasteiger partial charge in [-0.2, -0.15) is 18.3 Å². The molecule has 0 aliphatic rings. The number of hydrogen-bond donors (Lipinski definition) is 0. The number of benzene rings is 2. The summed E-state index contributed by atoms with van der Waals surface area (Å²) in [6.45, 7) is 1.96. The van der Waals surface area contributed by atoms with Gasteiger partial charge in [0.05, 0.1) is 33.9 Å². The van der Waals surface area contributed by atoms with Gasteiger partial charge in [-0.05, 0) is 36.8 Å². The fourth-order valence-corrected chi connectivity index (χ4v) is 4.87. The fourth-order valence-electron chi connectivity index (χ4n) is 4.22. The van der Waals surface area contributed by atoms with Crippen LogP contribution in [0.4, 0.5) is 19.0 Å². The van der Waals surface area contributed by atoms with Gasteiger partial charge in [-0.1, -0.05) is 36.2 Å². The van der Waals surface area contributed by atoms with Crippen molar-refractivity contribution in [2.45, 2.75) is 25.9 Å². The number of halogens is 5. The maximum atomic E-state index is 13.3. The van der Waals surface area contributed by atoms with E-state index in [-0.39, 0.29) is 15.7 Å². The molecule has 4 rings (SSSR count). The predicted octanol–water partition coefficient (Wildman–Crippen LogP) is 6.97. The van der Waals surface area contributed by atoms with Gasteiger partial charge in [-0.15, -0.1) is 0 Å². The summed E-state index contributed by atoms with van der Waals surface area (Å²) in [4.78, 5) is 6.42. The largest absolute Gasteiger partial charge is 0.496 e. The highest BCUT2D eigenvalue weighted by atomic mass is 35.5. The topological polar surface area (TPSA) is 43.2 Å². The van der Waals surface area contributed by atoms with Gasteiger partial charge in [0.1, 0.15) is 17.3 Å². The van der Waals surface area contributed by atoms with E-state index in [1.54, 1.807) is 13.3 Å². The van der Waals surface area contributed by atoms with Crippen LogP contribution in [0, 0.1) is 0 Å². The van der Waals surface area contributed by atoms with Crippen LogP contribution in [0.5, 0.6) is 5.75 Å². The highest BCUT2D eigenvalue weighted by Crippen LogP contribution is 2.41. The first-order chi connectivity index (χ1) is 16.6. The van der Waals surface area contributed by atoms with E-state index < -0.39 is 11.7 Å². The molecule has 0 atom stereocenters. The Labute approximate surface area is 211 Å². The first kappa shape index (κ1) is 25.1. The first-order valence-electron chi connectivity index (χ1n) is 10.8. The number of anilines is 1. The summed E-state index contributed by atoms with van der Waals surface area (Å²) >= 11 is 12.7. The summed E-state index contributed by atoms with van der Waals surface area (Å²) < 4.78 is 47.0. The molecule has 2 aromatic heterocycles. The van der Waals surface area contributed by atoms with Crippen LogP contribution in [0.3, 0.4) is 0 Å². The van der Waals surface area contributed by atoms with E-state index in [1.165, 1.54) is 4.68 Å². The van der Waals surface area contributed by atoms with Crippen molar-refractivity contribution in [1.29, 1.82) is 0 Å². The van der Waals surface area contributed by atoms with E-state index in [0.717, 1.165) is 39.9 Å². The number of aryl methyl sites for hydroxylation is 1. The average Bonchev–Trinajstić information content (AvgIpc) is 3.16. The summed E-state index contributed by atoms with van der Waals surface area (Å²) in [6.07, 6.45) is -1.83. The molecular weight excluding hydrogens is 500 g/mol. The molecule has 5 nitrogen and oxygen atoms in total. The van der Waals surface area contributed by atoms with Crippen molar-refractivity contribution in [3.05, 3.63) is 75.0 Å². The number of nitrogens with zero attached hydrogens (tertiary/aromatic N) is 4. The van der Waals surface area contributed by atoms with E-state index in [9.17, 15) is 13.2 Å². The first-order valence-corrected chi connectivity index (χ1v) is 11.6. The molecule has 0 bridgehead atoms. The normalized spacial score (nSPS) is 11.8. The molecule has 0 fully saturated rings. The minimum atomic E-state index is -4.57. The Morgan fingerprint density at radius 2 is 1.74 bits per heavy atom. The van der Waals surface area contributed by atoms with Crippen molar-refractivity contribution in [3.63, 3.8) is 0 Å².